The zero-order valence-electron chi connectivity index (χ0n) is 1.71. The van der Waals surface area contributed by atoms with E-state index in [4.69, 9.17) is 0 Å². The molecule has 0 saturated heterocycles. The molecule has 0 spiro atoms. The van der Waals surface area contributed by atoms with E-state index in [1.54, 1.807) is 0 Å². The van der Waals surface area contributed by atoms with E-state index in [-0.39, 0.29) is 41.5 Å². The van der Waals surface area contributed by atoms with Crippen molar-refractivity contribution in [1.82, 2.24) is 0 Å². The van der Waals surface area contributed by atoms with Gasteiger partial charge in [0.25, 0.3) is 0 Å². The van der Waals surface area contributed by atoms with Crippen molar-refractivity contribution in [3.05, 3.63) is 0 Å². The van der Waals surface area contributed by atoms with Crippen molar-refractivity contribution >= 4 is 7.33 Å². The second-order valence-corrected chi connectivity index (χ2v) is 0. The van der Waals surface area contributed by atoms with Crippen LogP contribution in [0.4, 0.5) is 0 Å². The molecule has 0 saturated carbocycles. The molecule has 0 fully saturated rings. The Bertz CT molecular complexity index is 8.00. The summed E-state index contributed by atoms with van der Waals surface area (Å²) in [5.74, 6) is 0. The molecule has 0 aromatic rings. The average molecular weight is 419 g/mol. The molecule has 0 aliphatic heterocycles. The summed E-state index contributed by atoms with van der Waals surface area (Å²) in [4.78, 5) is 0. The molecule has 0 heterocycles. The summed E-state index contributed by atoms with van der Waals surface area (Å²) in [5, 5.41) is 0. The molecule has 0 nitrogen and oxygen atoms in total. The normalized spacial score (nSPS) is 1.25. The fraction of sp³-hybridized carbons (Fsp3) is 0. The van der Waals surface area contributed by atoms with Crippen LogP contribution in [0.1, 0.15) is 0 Å². The van der Waals surface area contributed by atoms with Gasteiger partial charge in [0.2, 0.25) is 0 Å². The molecule has 4 heavy (non-hydrogen) atoms. The Hall–Kier alpha value is 2.47. The molecule has 0 amide bonds. The van der Waals surface area contributed by atoms with E-state index in [1.807, 2.05) is 19.3 Å². The first-order valence-electron chi connectivity index (χ1n) is 0.236. The topological polar surface area (TPSA) is 0 Å². The Balaban J connectivity index is -0.00000000500. The van der Waals surface area contributed by atoms with Gasteiger partial charge in [0.1, 0.15) is 0 Å². The molecule has 29 valence electrons. The molecule has 0 radical (unpaired) electrons. The molecule has 0 aromatic carbocycles. The third kappa shape index (κ3) is 8.82. The Morgan fingerprint density at radius 3 is 1.25 bits per heavy atom. The maximum atomic E-state index is 2.43. The molecule has 0 aliphatic carbocycles. The quantitative estimate of drug-likeness (QED) is 0.392. The minimum absolute atomic E-state index is 0. The second-order valence-electron chi connectivity index (χ2n) is 0. The zero-order valence-corrected chi connectivity index (χ0v) is 9.36. The molecule has 1 atom stereocenters. The minimum atomic E-state index is 0. The SMILES string of the molecule is [PH2][Mo].[Pd].[W]. The van der Waals surface area contributed by atoms with Crippen LogP contribution in [0.2, 0.25) is 0 Å². The van der Waals surface area contributed by atoms with Gasteiger partial charge in [-0.25, -0.2) is 0 Å². The molecule has 0 bridgehead atoms. The van der Waals surface area contributed by atoms with E-state index in [0.29, 0.717) is 0 Å². The molecule has 4 heteroatoms. The summed E-state index contributed by atoms with van der Waals surface area (Å²) in [7, 11) is 2.43. The first kappa shape index (κ1) is 16.1. The van der Waals surface area contributed by atoms with Crippen LogP contribution >= 0.6 is 7.33 Å². The maximum absolute atomic E-state index is 2.43. The van der Waals surface area contributed by atoms with E-state index in [0.717, 1.165) is 0 Å². The van der Waals surface area contributed by atoms with Crippen LogP contribution in [0.15, 0.2) is 0 Å². The van der Waals surface area contributed by atoms with Crippen molar-refractivity contribution in [3.63, 3.8) is 0 Å². The summed E-state index contributed by atoms with van der Waals surface area (Å²) >= 11 is 1.87. The third-order valence-electron chi connectivity index (χ3n) is 0. The first-order chi connectivity index (χ1) is 1.00. The Kier molecular flexibility index (Phi) is 72.0. The van der Waals surface area contributed by atoms with Gasteiger partial charge in [-0.1, -0.05) is 0 Å². The van der Waals surface area contributed by atoms with Gasteiger partial charge in [0.05, 0.1) is 0 Å². The van der Waals surface area contributed by atoms with E-state index in [2.05, 4.69) is 7.33 Å². The summed E-state index contributed by atoms with van der Waals surface area (Å²) in [6.45, 7) is 0. The van der Waals surface area contributed by atoms with Crippen molar-refractivity contribution in [2.45, 2.75) is 0 Å². The smallest absolute Gasteiger partial charge is 0 e. The molecular formula is H2MoPPdW. The fourth-order valence-corrected chi connectivity index (χ4v) is 0. The van der Waals surface area contributed by atoms with Crippen LogP contribution in [0.5, 0.6) is 0 Å². The van der Waals surface area contributed by atoms with Gasteiger partial charge in [-0.2, -0.15) is 0 Å². The van der Waals surface area contributed by atoms with E-state index < -0.39 is 0 Å². The van der Waals surface area contributed by atoms with E-state index >= 15 is 0 Å². The van der Waals surface area contributed by atoms with Gasteiger partial charge in [0.15, 0.2) is 0 Å². The predicted octanol–water partition coefficient (Wildman–Crippen LogP) is 0.318. The van der Waals surface area contributed by atoms with Crippen molar-refractivity contribution < 1.29 is 60.8 Å². The Morgan fingerprint density at radius 1 is 1.25 bits per heavy atom. The van der Waals surface area contributed by atoms with Crippen molar-refractivity contribution in [2.75, 3.05) is 0 Å². The maximum Gasteiger partial charge on any atom is 0 e. The van der Waals surface area contributed by atoms with Crippen molar-refractivity contribution in [3.8, 4) is 0 Å². The second kappa shape index (κ2) is 17.9. The summed E-state index contributed by atoms with van der Waals surface area (Å²) in [6.07, 6.45) is 0. The Morgan fingerprint density at radius 2 is 1.25 bits per heavy atom. The van der Waals surface area contributed by atoms with Crippen molar-refractivity contribution in [2.24, 2.45) is 0 Å². The number of hydrogen-bond acceptors (Lipinski definition) is 0. The fourth-order valence-electron chi connectivity index (χ4n) is 0. The van der Waals surface area contributed by atoms with E-state index in [9.17, 15) is 0 Å². The minimum Gasteiger partial charge on any atom is 0 e. The third-order valence-corrected chi connectivity index (χ3v) is 0. The van der Waals surface area contributed by atoms with Crippen LogP contribution in [-0.2, 0) is 60.8 Å². The standard InChI is InChI=1S/Mo.H2P.Pd.W/h;1H2;;/q+1;-1;;. The molecule has 0 rings (SSSR count). The van der Waals surface area contributed by atoms with Crippen molar-refractivity contribution in [1.29, 1.82) is 0 Å². The first-order valence-corrected chi connectivity index (χ1v) is 4.18. The summed E-state index contributed by atoms with van der Waals surface area (Å²) < 4.78 is 0. The van der Waals surface area contributed by atoms with Crippen LogP contribution in [0.3, 0.4) is 0 Å². The van der Waals surface area contributed by atoms with Crippen LogP contribution in [0, 0.1) is 0 Å². The van der Waals surface area contributed by atoms with E-state index in [1.165, 1.54) is 0 Å². The van der Waals surface area contributed by atoms with Gasteiger partial charge < -0.3 is 0 Å². The van der Waals surface area contributed by atoms with Gasteiger partial charge in [-0.15, -0.1) is 0 Å². The predicted molar refractivity (Wildman–Crippen MR) is 9.71 cm³/mol. The van der Waals surface area contributed by atoms with Crippen LogP contribution in [0.25, 0.3) is 0 Å². The van der Waals surface area contributed by atoms with Crippen LogP contribution in [-0.4, -0.2) is 0 Å². The molecule has 0 aromatic heterocycles. The van der Waals surface area contributed by atoms with Gasteiger partial charge in [0, 0.05) is 41.5 Å². The summed E-state index contributed by atoms with van der Waals surface area (Å²) in [6, 6.07) is 0. The largest absolute Gasteiger partial charge is 0 e. The zero-order chi connectivity index (χ0) is 2.00. The molecular weight excluding hydrogens is 417 g/mol. The van der Waals surface area contributed by atoms with Crippen LogP contribution < -0.4 is 0 Å². The van der Waals surface area contributed by atoms with Gasteiger partial charge in [-0.3, -0.25) is 0 Å². The van der Waals surface area contributed by atoms with Gasteiger partial charge in [-0.05, 0) is 0 Å². The molecule has 0 N–H and O–H groups in total. The monoisotopic (exact) mass is 421 g/mol. The number of rotatable bonds is 0. The molecule has 0 aliphatic rings. The number of hydrogen-bond donors (Lipinski definition) is 0. The average Bonchev–Trinajstić information content (AvgIpc) is 1.00. The summed E-state index contributed by atoms with van der Waals surface area (Å²) in [5.41, 5.74) is 0. The molecule has 1 unspecified atom stereocenters. The van der Waals surface area contributed by atoms with Gasteiger partial charge >= 0.3 is 26.6 Å². The Labute approximate surface area is 67.3 Å².